The molecule has 8 heavy (non-hydrogen) atoms. The number of alkyl halides is 1. The van der Waals surface area contributed by atoms with Gasteiger partial charge in [-0.3, -0.25) is 0 Å². The zero-order valence-corrected chi connectivity index (χ0v) is 4.02. The van der Waals surface area contributed by atoms with E-state index in [1.807, 2.05) is 0 Å². The fraction of sp³-hybridized carbons (Fsp3) is 0.667. The third-order valence-corrected chi connectivity index (χ3v) is 0.527. The van der Waals surface area contributed by atoms with E-state index in [-0.39, 0.29) is 0 Å². The van der Waals surface area contributed by atoms with Crippen molar-refractivity contribution in [2.24, 2.45) is 0 Å². The molecule has 0 bridgehead atoms. The number of hydrogen-bond donors (Lipinski definition) is 1. The van der Waals surface area contributed by atoms with Gasteiger partial charge in [0.05, 0.1) is 0 Å². The standard InChI is InChI=1S/C3H4F2O3/c1-3(4,8-5)2(6)7/h1H3,(H,6,7). The third kappa shape index (κ3) is 1.42. The number of carbonyl (C=O) groups is 1. The molecule has 0 aromatic rings. The first-order valence-electron chi connectivity index (χ1n) is 1.73. The Bertz CT molecular complexity index is 101. The van der Waals surface area contributed by atoms with Gasteiger partial charge in [0.1, 0.15) is 0 Å². The average Bonchev–Trinajstić information content (AvgIpc) is 1.67. The molecule has 1 N–H and O–H groups in total. The average molecular weight is 126 g/mol. The van der Waals surface area contributed by atoms with E-state index in [9.17, 15) is 13.7 Å². The van der Waals surface area contributed by atoms with E-state index in [0.29, 0.717) is 6.92 Å². The van der Waals surface area contributed by atoms with Crippen LogP contribution >= 0.6 is 0 Å². The normalized spacial score (nSPS) is 17.4. The summed E-state index contributed by atoms with van der Waals surface area (Å²) < 4.78 is 22.5. The van der Waals surface area contributed by atoms with E-state index in [1.54, 1.807) is 0 Å². The Morgan fingerprint density at radius 3 is 2.25 bits per heavy atom. The lowest BCUT2D eigenvalue weighted by Gasteiger charge is -2.05. The fourth-order valence-electron chi connectivity index (χ4n) is 0.0330. The zero-order chi connectivity index (χ0) is 6.78. The molecule has 0 rings (SSSR count). The van der Waals surface area contributed by atoms with Crippen molar-refractivity contribution in [1.82, 2.24) is 0 Å². The lowest BCUT2D eigenvalue weighted by atomic mass is 10.4. The van der Waals surface area contributed by atoms with E-state index in [0.717, 1.165) is 0 Å². The Labute approximate surface area is 43.8 Å². The Balaban J connectivity index is 3.91. The van der Waals surface area contributed by atoms with Crippen LogP contribution in [0.1, 0.15) is 6.92 Å². The van der Waals surface area contributed by atoms with E-state index >= 15 is 0 Å². The first-order chi connectivity index (χ1) is 3.50. The summed E-state index contributed by atoms with van der Waals surface area (Å²) in [6.07, 6.45) is 0. The van der Waals surface area contributed by atoms with Gasteiger partial charge in [0.25, 0.3) is 0 Å². The van der Waals surface area contributed by atoms with Gasteiger partial charge in [-0.15, -0.1) is 4.94 Å². The van der Waals surface area contributed by atoms with Crippen LogP contribution < -0.4 is 0 Å². The van der Waals surface area contributed by atoms with Crippen molar-refractivity contribution in [2.75, 3.05) is 0 Å². The number of carboxylic acid groups (broad SMARTS) is 1. The quantitative estimate of drug-likeness (QED) is 0.591. The van der Waals surface area contributed by atoms with Crippen LogP contribution in [0.5, 0.6) is 0 Å². The largest absolute Gasteiger partial charge is 0.477 e. The molecule has 0 aliphatic carbocycles. The highest BCUT2D eigenvalue weighted by Gasteiger charge is 2.35. The second-order valence-electron chi connectivity index (χ2n) is 1.30. The molecule has 0 saturated heterocycles. The van der Waals surface area contributed by atoms with Crippen LogP contribution in [0.15, 0.2) is 0 Å². The molecule has 48 valence electrons. The summed E-state index contributed by atoms with van der Waals surface area (Å²) in [5.74, 6) is -5.19. The molecule has 0 aromatic heterocycles. The summed E-state index contributed by atoms with van der Waals surface area (Å²) in [6, 6.07) is 0. The third-order valence-electron chi connectivity index (χ3n) is 0.527. The van der Waals surface area contributed by atoms with Gasteiger partial charge in [0.2, 0.25) is 0 Å². The molecule has 0 radical (unpaired) electrons. The maximum Gasteiger partial charge on any atom is 0.372 e. The maximum atomic E-state index is 11.7. The Morgan fingerprint density at radius 1 is 1.88 bits per heavy atom. The predicted molar refractivity (Wildman–Crippen MR) is 19.3 cm³/mol. The van der Waals surface area contributed by atoms with Crippen LogP contribution in [0.3, 0.4) is 0 Å². The van der Waals surface area contributed by atoms with Gasteiger partial charge >= 0.3 is 11.8 Å². The van der Waals surface area contributed by atoms with E-state index < -0.39 is 11.8 Å². The lowest BCUT2D eigenvalue weighted by molar-refractivity contribution is -0.280. The van der Waals surface area contributed by atoms with Crippen LogP contribution in [0.25, 0.3) is 0 Å². The molecular weight excluding hydrogens is 122 g/mol. The van der Waals surface area contributed by atoms with Gasteiger partial charge in [-0.2, -0.15) is 4.39 Å². The molecule has 1 unspecified atom stereocenters. The Morgan fingerprint density at radius 2 is 2.25 bits per heavy atom. The predicted octanol–water partition coefficient (Wildman–Crippen LogP) is 0.658. The van der Waals surface area contributed by atoms with Crippen molar-refractivity contribution in [1.29, 1.82) is 0 Å². The van der Waals surface area contributed by atoms with Crippen LogP contribution in [0.4, 0.5) is 8.92 Å². The molecule has 0 aliphatic heterocycles. The molecule has 0 aliphatic rings. The highest BCUT2D eigenvalue weighted by Crippen LogP contribution is 2.11. The van der Waals surface area contributed by atoms with Crippen molar-refractivity contribution >= 4 is 5.97 Å². The minimum absolute atomic E-state index is 0.454. The van der Waals surface area contributed by atoms with Gasteiger partial charge in [-0.25, -0.2) is 4.79 Å². The first-order valence-corrected chi connectivity index (χ1v) is 1.73. The van der Waals surface area contributed by atoms with Gasteiger partial charge in [-0.1, -0.05) is 0 Å². The molecule has 3 nitrogen and oxygen atoms in total. The number of aliphatic carboxylic acids is 1. The summed E-state index contributed by atoms with van der Waals surface area (Å²) in [5.41, 5.74) is 0. The Hall–Kier alpha value is -0.710. The molecule has 0 heterocycles. The highest BCUT2D eigenvalue weighted by atomic mass is 19.3. The molecule has 5 heteroatoms. The van der Waals surface area contributed by atoms with Crippen molar-refractivity contribution in [3.05, 3.63) is 0 Å². The van der Waals surface area contributed by atoms with E-state index in [1.165, 1.54) is 0 Å². The monoisotopic (exact) mass is 126 g/mol. The van der Waals surface area contributed by atoms with Gasteiger partial charge in [0.15, 0.2) is 0 Å². The van der Waals surface area contributed by atoms with Crippen LogP contribution in [0, 0.1) is 0 Å². The second-order valence-corrected chi connectivity index (χ2v) is 1.30. The topological polar surface area (TPSA) is 46.5 Å². The molecule has 0 aromatic carbocycles. The van der Waals surface area contributed by atoms with Crippen LogP contribution in [-0.2, 0) is 9.74 Å². The molecular formula is C3H4F2O3. The number of rotatable bonds is 2. The van der Waals surface area contributed by atoms with Crippen LogP contribution in [0.2, 0.25) is 0 Å². The number of hydrogen-bond acceptors (Lipinski definition) is 2. The lowest BCUT2D eigenvalue weighted by Crippen LogP contribution is -2.30. The summed E-state index contributed by atoms with van der Waals surface area (Å²) in [6.45, 7) is 0.454. The van der Waals surface area contributed by atoms with Crippen molar-refractivity contribution < 1.29 is 23.8 Å². The van der Waals surface area contributed by atoms with Crippen LogP contribution in [-0.4, -0.2) is 16.9 Å². The molecule has 1 atom stereocenters. The summed E-state index contributed by atoms with van der Waals surface area (Å²) in [5, 5.41) is 7.70. The first kappa shape index (κ1) is 7.29. The molecule has 0 fully saturated rings. The smallest absolute Gasteiger partial charge is 0.372 e. The maximum absolute atomic E-state index is 11.7. The summed E-state index contributed by atoms with van der Waals surface area (Å²) in [7, 11) is 0. The molecule has 0 spiro atoms. The molecule has 0 saturated carbocycles. The van der Waals surface area contributed by atoms with E-state index in [4.69, 9.17) is 5.11 Å². The summed E-state index contributed by atoms with van der Waals surface area (Å²) in [4.78, 5) is 11.9. The fourth-order valence-corrected chi connectivity index (χ4v) is 0.0330. The number of carboxylic acids is 1. The van der Waals surface area contributed by atoms with Gasteiger partial charge < -0.3 is 5.11 Å². The van der Waals surface area contributed by atoms with E-state index in [2.05, 4.69) is 4.94 Å². The van der Waals surface area contributed by atoms with Crippen molar-refractivity contribution in [3.63, 3.8) is 0 Å². The summed E-state index contributed by atoms with van der Waals surface area (Å²) >= 11 is 0. The van der Waals surface area contributed by atoms with Crippen molar-refractivity contribution in [3.8, 4) is 0 Å². The van der Waals surface area contributed by atoms with Crippen molar-refractivity contribution in [2.45, 2.75) is 12.8 Å². The second kappa shape index (κ2) is 2.04. The molecule has 0 amide bonds. The zero-order valence-electron chi connectivity index (χ0n) is 4.02. The minimum atomic E-state index is -3.21. The highest BCUT2D eigenvalue weighted by molar-refractivity contribution is 5.74. The van der Waals surface area contributed by atoms with Gasteiger partial charge in [-0.05, 0) is 4.53 Å². The number of halogens is 2. The SMILES string of the molecule is CC(F)(OF)C(=O)O. The minimum Gasteiger partial charge on any atom is -0.477 e. The Kier molecular flexibility index (Phi) is 1.86. The van der Waals surface area contributed by atoms with Gasteiger partial charge in [0, 0.05) is 6.92 Å².